The van der Waals surface area contributed by atoms with Crippen LogP contribution in [0.1, 0.15) is 18.1 Å². The Kier molecular flexibility index (Phi) is 6.10. The van der Waals surface area contributed by atoms with Crippen molar-refractivity contribution in [2.24, 2.45) is 0 Å². The third-order valence-corrected chi connectivity index (χ3v) is 3.47. The molecule has 21 heavy (non-hydrogen) atoms. The highest BCUT2D eigenvalue weighted by Gasteiger charge is 2.14. The number of benzene rings is 1. The Labute approximate surface area is 123 Å². The predicted molar refractivity (Wildman–Crippen MR) is 76.2 cm³/mol. The number of morpholine rings is 1. The third kappa shape index (κ3) is 5.41. The molecule has 1 aromatic rings. The number of carbonyl (C=O) groups excluding carboxylic acids is 1. The van der Waals surface area contributed by atoms with Crippen LogP contribution in [0.4, 0.5) is 4.39 Å². The van der Waals surface area contributed by atoms with E-state index in [0.29, 0.717) is 12.1 Å². The number of hydrogen-bond donors (Lipinski definition) is 2. The number of aliphatic hydroxyl groups excluding tert-OH is 1. The fourth-order valence-corrected chi connectivity index (χ4v) is 2.26. The summed E-state index contributed by atoms with van der Waals surface area (Å²) >= 11 is 0. The first-order valence-electron chi connectivity index (χ1n) is 7.15. The minimum absolute atomic E-state index is 0.0629. The van der Waals surface area contributed by atoms with Crippen molar-refractivity contribution in [3.8, 4) is 0 Å². The second-order valence-electron chi connectivity index (χ2n) is 5.08. The number of ether oxygens (including phenoxy) is 1. The number of nitrogens with zero attached hydrogens (tertiary/aromatic N) is 1. The van der Waals surface area contributed by atoms with Gasteiger partial charge in [-0.05, 0) is 17.7 Å². The highest BCUT2D eigenvalue weighted by Crippen LogP contribution is 2.17. The smallest absolute Gasteiger partial charge is 0.223 e. The van der Waals surface area contributed by atoms with Crippen molar-refractivity contribution >= 4 is 5.91 Å². The minimum atomic E-state index is -0.982. The molecule has 0 aromatic heterocycles. The summed E-state index contributed by atoms with van der Waals surface area (Å²) in [5.41, 5.74) is 0.415. The van der Waals surface area contributed by atoms with E-state index in [9.17, 15) is 14.3 Å². The second kappa shape index (κ2) is 8.07. The summed E-state index contributed by atoms with van der Waals surface area (Å²) in [6, 6.07) is 5.67. The van der Waals surface area contributed by atoms with Crippen LogP contribution in [-0.4, -0.2) is 55.3 Å². The van der Waals surface area contributed by atoms with Gasteiger partial charge in [-0.2, -0.15) is 0 Å². The van der Waals surface area contributed by atoms with E-state index in [0.717, 1.165) is 32.8 Å². The van der Waals surface area contributed by atoms with Gasteiger partial charge in [-0.1, -0.05) is 12.1 Å². The van der Waals surface area contributed by atoms with Gasteiger partial charge in [0, 0.05) is 26.2 Å². The molecule has 1 aliphatic rings. The first-order chi connectivity index (χ1) is 10.1. The molecule has 1 fully saturated rings. The lowest BCUT2D eigenvalue weighted by Gasteiger charge is -2.26. The van der Waals surface area contributed by atoms with Crippen LogP contribution in [0.3, 0.4) is 0 Å². The lowest BCUT2D eigenvalue weighted by Crippen LogP contribution is -2.41. The average Bonchev–Trinajstić information content (AvgIpc) is 2.48. The summed E-state index contributed by atoms with van der Waals surface area (Å²) in [5, 5.41) is 12.7. The Hall–Kier alpha value is -1.50. The van der Waals surface area contributed by atoms with Crippen LogP contribution in [0.15, 0.2) is 24.3 Å². The fourth-order valence-electron chi connectivity index (χ4n) is 2.26. The maximum Gasteiger partial charge on any atom is 0.223 e. The zero-order valence-electron chi connectivity index (χ0n) is 11.9. The van der Waals surface area contributed by atoms with E-state index in [-0.39, 0.29) is 12.3 Å². The molecule has 116 valence electrons. The van der Waals surface area contributed by atoms with Gasteiger partial charge in [0.05, 0.1) is 25.7 Å². The predicted octanol–water partition coefficient (Wildman–Crippen LogP) is 0.698. The molecule has 5 nitrogen and oxygen atoms in total. The summed E-state index contributed by atoms with van der Waals surface area (Å²) in [6.07, 6.45) is -1.05. The van der Waals surface area contributed by atoms with Gasteiger partial charge in [0.2, 0.25) is 5.91 Å². The molecule has 1 heterocycles. The van der Waals surface area contributed by atoms with E-state index in [1.54, 1.807) is 6.07 Å². The Morgan fingerprint density at radius 1 is 1.43 bits per heavy atom. The molecule has 1 aromatic carbocycles. The van der Waals surface area contributed by atoms with Crippen LogP contribution >= 0.6 is 0 Å². The van der Waals surface area contributed by atoms with Gasteiger partial charge >= 0.3 is 0 Å². The second-order valence-corrected chi connectivity index (χ2v) is 5.08. The molecule has 0 aliphatic carbocycles. The van der Waals surface area contributed by atoms with E-state index in [4.69, 9.17) is 4.74 Å². The Bertz CT molecular complexity index is 464. The Balaban J connectivity index is 1.69. The van der Waals surface area contributed by atoms with Gasteiger partial charge in [-0.25, -0.2) is 4.39 Å². The van der Waals surface area contributed by atoms with E-state index >= 15 is 0 Å². The summed E-state index contributed by atoms with van der Waals surface area (Å²) in [4.78, 5) is 14.0. The first-order valence-corrected chi connectivity index (χ1v) is 7.15. The zero-order valence-corrected chi connectivity index (χ0v) is 11.9. The number of nitrogens with one attached hydrogen (secondary N) is 1. The van der Waals surface area contributed by atoms with Crippen molar-refractivity contribution in [1.82, 2.24) is 10.2 Å². The number of halogens is 1. The molecule has 1 aliphatic heterocycles. The SMILES string of the molecule is O=C(CC(O)c1cccc(F)c1)NCCN1CCOCC1. The molecule has 1 unspecified atom stereocenters. The van der Waals surface area contributed by atoms with Gasteiger partial charge in [0.25, 0.3) is 0 Å². The van der Waals surface area contributed by atoms with Crippen molar-refractivity contribution < 1.29 is 19.0 Å². The van der Waals surface area contributed by atoms with E-state index < -0.39 is 11.9 Å². The van der Waals surface area contributed by atoms with Crippen molar-refractivity contribution in [3.05, 3.63) is 35.6 Å². The van der Waals surface area contributed by atoms with Gasteiger partial charge in [0.15, 0.2) is 0 Å². The monoisotopic (exact) mass is 296 g/mol. The molecule has 0 bridgehead atoms. The van der Waals surface area contributed by atoms with Crippen LogP contribution in [0.25, 0.3) is 0 Å². The molecule has 0 spiro atoms. The van der Waals surface area contributed by atoms with Crippen LogP contribution < -0.4 is 5.32 Å². The molecule has 2 N–H and O–H groups in total. The zero-order chi connectivity index (χ0) is 15.1. The largest absolute Gasteiger partial charge is 0.388 e. The average molecular weight is 296 g/mol. The van der Waals surface area contributed by atoms with E-state index in [2.05, 4.69) is 10.2 Å². The number of carbonyl (C=O) groups is 1. The van der Waals surface area contributed by atoms with Crippen molar-refractivity contribution in [2.75, 3.05) is 39.4 Å². The molecule has 0 radical (unpaired) electrons. The van der Waals surface area contributed by atoms with Gasteiger partial charge in [0.1, 0.15) is 5.82 Å². The maximum absolute atomic E-state index is 13.0. The van der Waals surface area contributed by atoms with Crippen LogP contribution in [-0.2, 0) is 9.53 Å². The Morgan fingerprint density at radius 2 is 2.19 bits per heavy atom. The van der Waals surface area contributed by atoms with Crippen LogP contribution in [0.5, 0.6) is 0 Å². The highest BCUT2D eigenvalue weighted by molar-refractivity contribution is 5.76. The number of aliphatic hydroxyl groups is 1. The molecular weight excluding hydrogens is 275 g/mol. The molecular formula is C15H21FN2O3. The number of amides is 1. The van der Waals surface area contributed by atoms with Gasteiger partial charge in [-0.3, -0.25) is 9.69 Å². The van der Waals surface area contributed by atoms with Crippen molar-refractivity contribution in [3.63, 3.8) is 0 Å². The minimum Gasteiger partial charge on any atom is -0.388 e. The first kappa shape index (κ1) is 15.9. The third-order valence-electron chi connectivity index (χ3n) is 3.47. The van der Waals surface area contributed by atoms with Crippen molar-refractivity contribution in [2.45, 2.75) is 12.5 Å². The molecule has 2 rings (SSSR count). The molecule has 1 atom stereocenters. The van der Waals surface area contributed by atoms with E-state index in [1.165, 1.54) is 18.2 Å². The number of rotatable bonds is 6. The molecule has 0 saturated carbocycles. The molecule has 1 amide bonds. The summed E-state index contributed by atoms with van der Waals surface area (Å²) in [6.45, 7) is 4.52. The summed E-state index contributed by atoms with van der Waals surface area (Å²) in [7, 11) is 0. The Morgan fingerprint density at radius 3 is 2.90 bits per heavy atom. The van der Waals surface area contributed by atoms with Crippen LogP contribution in [0, 0.1) is 5.82 Å². The number of hydrogen-bond acceptors (Lipinski definition) is 4. The highest BCUT2D eigenvalue weighted by atomic mass is 19.1. The quantitative estimate of drug-likeness (QED) is 0.811. The molecule has 1 saturated heterocycles. The van der Waals surface area contributed by atoms with Crippen molar-refractivity contribution in [1.29, 1.82) is 0 Å². The van der Waals surface area contributed by atoms with Gasteiger partial charge < -0.3 is 15.2 Å². The summed E-state index contributed by atoms with van der Waals surface area (Å²) in [5.74, 6) is -0.653. The standard InChI is InChI=1S/C15H21FN2O3/c16-13-3-1-2-12(10-13)14(19)11-15(20)17-4-5-18-6-8-21-9-7-18/h1-3,10,14,19H,4-9,11H2,(H,17,20). The normalized spacial score (nSPS) is 17.4. The summed E-state index contributed by atoms with van der Waals surface area (Å²) < 4.78 is 18.3. The van der Waals surface area contributed by atoms with Gasteiger partial charge in [-0.15, -0.1) is 0 Å². The van der Waals surface area contributed by atoms with Crippen LogP contribution in [0.2, 0.25) is 0 Å². The maximum atomic E-state index is 13.0. The van der Waals surface area contributed by atoms with E-state index in [1.807, 2.05) is 0 Å². The lowest BCUT2D eigenvalue weighted by molar-refractivity contribution is -0.123. The lowest BCUT2D eigenvalue weighted by atomic mass is 10.1. The fraction of sp³-hybridized carbons (Fsp3) is 0.533. The topological polar surface area (TPSA) is 61.8 Å². The molecule has 6 heteroatoms.